The Morgan fingerprint density at radius 3 is 2.52 bits per heavy atom. The number of benzene rings is 2. The van der Waals surface area contributed by atoms with Crippen molar-refractivity contribution in [1.82, 2.24) is 4.98 Å². The SMILES string of the molecule is COc1cccc(-c2nccc(Nc3ccc(C(F)(F)F)cc3O)c2[N+](=O)[O-])c1. The number of pyridine rings is 1. The van der Waals surface area contributed by atoms with Gasteiger partial charge < -0.3 is 15.2 Å². The normalized spacial score (nSPS) is 11.2. The summed E-state index contributed by atoms with van der Waals surface area (Å²) >= 11 is 0. The van der Waals surface area contributed by atoms with Crippen LogP contribution in [0.1, 0.15) is 5.56 Å². The van der Waals surface area contributed by atoms with E-state index in [0.717, 1.165) is 12.1 Å². The van der Waals surface area contributed by atoms with Crippen LogP contribution in [0.2, 0.25) is 0 Å². The first-order valence-corrected chi connectivity index (χ1v) is 8.15. The summed E-state index contributed by atoms with van der Waals surface area (Å²) in [6.07, 6.45) is -3.32. The first-order chi connectivity index (χ1) is 13.7. The number of aromatic nitrogens is 1. The van der Waals surface area contributed by atoms with E-state index >= 15 is 0 Å². The van der Waals surface area contributed by atoms with E-state index in [1.165, 1.54) is 19.4 Å². The van der Waals surface area contributed by atoms with Crippen molar-refractivity contribution in [2.24, 2.45) is 0 Å². The number of ether oxygens (including phenoxy) is 1. The molecule has 2 aromatic carbocycles. The van der Waals surface area contributed by atoms with E-state index in [4.69, 9.17) is 4.74 Å². The molecule has 0 aliphatic carbocycles. The van der Waals surface area contributed by atoms with Crippen LogP contribution in [0, 0.1) is 10.1 Å². The van der Waals surface area contributed by atoms with Crippen LogP contribution < -0.4 is 10.1 Å². The maximum atomic E-state index is 12.8. The van der Waals surface area contributed by atoms with Gasteiger partial charge in [-0.1, -0.05) is 12.1 Å². The molecule has 150 valence electrons. The summed E-state index contributed by atoms with van der Waals surface area (Å²) in [6.45, 7) is 0. The number of halogens is 3. The molecule has 1 heterocycles. The predicted octanol–water partition coefficient (Wildman–Crippen LogP) is 5.13. The number of nitro groups is 1. The Labute approximate surface area is 162 Å². The van der Waals surface area contributed by atoms with Crippen molar-refractivity contribution in [3.8, 4) is 22.8 Å². The summed E-state index contributed by atoms with van der Waals surface area (Å²) in [4.78, 5) is 15.1. The monoisotopic (exact) mass is 405 g/mol. The fourth-order valence-electron chi connectivity index (χ4n) is 2.68. The zero-order valence-corrected chi connectivity index (χ0v) is 14.9. The summed E-state index contributed by atoms with van der Waals surface area (Å²) in [5.41, 5.74) is -1.16. The fourth-order valence-corrected chi connectivity index (χ4v) is 2.68. The highest BCUT2D eigenvalue weighted by Crippen LogP contribution is 2.40. The predicted molar refractivity (Wildman–Crippen MR) is 99.3 cm³/mol. The molecule has 0 saturated carbocycles. The molecule has 2 N–H and O–H groups in total. The first kappa shape index (κ1) is 19.9. The first-order valence-electron chi connectivity index (χ1n) is 8.15. The molecule has 1 aromatic heterocycles. The number of rotatable bonds is 5. The number of alkyl halides is 3. The topological polar surface area (TPSA) is 97.5 Å². The summed E-state index contributed by atoms with van der Waals surface area (Å²) in [5, 5.41) is 24.3. The molecular weight excluding hydrogens is 391 g/mol. The second kappa shape index (κ2) is 7.66. The van der Waals surface area contributed by atoms with E-state index < -0.39 is 28.1 Å². The third-order valence-electron chi connectivity index (χ3n) is 4.04. The molecular formula is C19H14F3N3O4. The molecule has 0 amide bonds. The van der Waals surface area contributed by atoms with Crippen molar-refractivity contribution < 1.29 is 27.9 Å². The Hall–Kier alpha value is -3.82. The van der Waals surface area contributed by atoms with Crippen molar-refractivity contribution >= 4 is 17.1 Å². The van der Waals surface area contributed by atoms with Gasteiger partial charge >= 0.3 is 11.9 Å². The Balaban J connectivity index is 2.06. The molecule has 0 bridgehead atoms. The van der Waals surface area contributed by atoms with E-state index in [2.05, 4.69) is 10.3 Å². The summed E-state index contributed by atoms with van der Waals surface area (Å²) < 4.78 is 43.4. The second-order valence-corrected chi connectivity index (χ2v) is 5.90. The minimum absolute atomic E-state index is 0.0327. The average molecular weight is 405 g/mol. The number of phenols is 1. The van der Waals surface area contributed by atoms with Gasteiger partial charge in [0.2, 0.25) is 0 Å². The molecule has 29 heavy (non-hydrogen) atoms. The number of aromatic hydroxyl groups is 1. The summed E-state index contributed by atoms with van der Waals surface area (Å²) in [6, 6.07) is 10.1. The molecule has 3 rings (SSSR count). The van der Waals surface area contributed by atoms with Crippen LogP contribution in [0.3, 0.4) is 0 Å². The van der Waals surface area contributed by atoms with E-state index in [9.17, 15) is 28.4 Å². The van der Waals surface area contributed by atoms with Gasteiger partial charge in [-0.05, 0) is 36.4 Å². The summed E-state index contributed by atoms with van der Waals surface area (Å²) in [7, 11) is 1.45. The van der Waals surface area contributed by atoms with Crippen LogP contribution >= 0.6 is 0 Å². The average Bonchev–Trinajstić information content (AvgIpc) is 2.68. The maximum absolute atomic E-state index is 12.8. The van der Waals surface area contributed by atoms with Crippen LogP contribution in [0.4, 0.5) is 30.2 Å². The number of hydrogen-bond donors (Lipinski definition) is 2. The van der Waals surface area contributed by atoms with Crippen molar-refractivity contribution in [3.05, 3.63) is 70.4 Å². The van der Waals surface area contributed by atoms with Crippen LogP contribution in [-0.4, -0.2) is 22.1 Å². The third-order valence-corrected chi connectivity index (χ3v) is 4.04. The molecule has 0 saturated heterocycles. The van der Waals surface area contributed by atoms with Crippen LogP contribution in [0.15, 0.2) is 54.7 Å². The number of phenolic OH excluding ortho intramolecular Hbond substituents is 1. The largest absolute Gasteiger partial charge is 0.506 e. The third kappa shape index (κ3) is 4.21. The van der Waals surface area contributed by atoms with Crippen LogP contribution in [-0.2, 0) is 6.18 Å². The Morgan fingerprint density at radius 1 is 1.14 bits per heavy atom. The zero-order valence-electron chi connectivity index (χ0n) is 14.9. The lowest BCUT2D eigenvalue weighted by molar-refractivity contribution is -0.383. The smallest absolute Gasteiger partial charge is 0.416 e. The van der Waals surface area contributed by atoms with Gasteiger partial charge in [-0.3, -0.25) is 10.1 Å². The van der Waals surface area contributed by atoms with Crippen molar-refractivity contribution in [2.45, 2.75) is 6.18 Å². The quantitative estimate of drug-likeness (QED) is 0.347. The van der Waals surface area contributed by atoms with Crippen molar-refractivity contribution in [1.29, 1.82) is 0 Å². The molecule has 0 fully saturated rings. The molecule has 0 atom stereocenters. The Bertz CT molecular complexity index is 1070. The van der Waals surface area contributed by atoms with Gasteiger partial charge in [0, 0.05) is 11.8 Å². The van der Waals surface area contributed by atoms with Gasteiger partial charge in [-0.25, -0.2) is 4.98 Å². The zero-order chi connectivity index (χ0) is 21.2. The number of methoxy groups -OCH3 is 1. The lowest BCUT2D eigenvalue weighted by atomic mass is 10.1. The fraction of sp³-hybridized carbons (Fsp3) is 0.105. The lowest BCUT2D eigenvalue weighted by Gasteiger charge is -2.13. The number of nitrogens with one attached hydrogen (secondary N) is 1. The molecule has 3 aromatic rings. The van der Waals surface area contributed by atoms with Gasteiger partial charge in [-0.15, -0.1) is 0 Å². The molecule has 0 aliphatic rings. The van der Waals surface area contributed by atoms with Gasteiger partial charge in [-0.2, -0.15) is 13.2 Å². The highest BCUT2D eigenvalue weighted by Gasteiger charge is 2.31. The van der Waals surface area contributed by atoms with Gasteiger partial charge in [0.1, 0.15) is 17.2 Å². The number of hydrogen-bond acceptors (Lipinski definition) is 6. The second-order valence-electron chi connectivity index (χ2n) is 5.90. The van der Waals surface area contributed by atoms with Crippen molar-refractivity contribution in [3.63, 3.8) is 0 Å². The van der Waals surface area contributed by atoms with Crippen molar-refractivity contribution in [2.75, 3.05) is 12.4 Å². The van der Waals surface area contributed by atoms with Gasteiger partial charge in [0.25, 0.3) is 0 Å². The van der Waals surface area contributed by atoms with E-state index in [1.807, 2.05) is 0 Å². The van der Waals surface area contributed by atoms with Crippen LogP contribution in [0.25, 0.3) is 11.3 Å². The van der Waals surface area contributed by atoms with Crippen LogP contribution in [0.5, 0.6) is 11.5 Å². The maximum Gasteiger partial charge on any atom is 0.416 e. The van der Waals surface area contributed by atoms with Gasteiger partial charge in [0.15, 0.2) is 5.69 Å². The lowest BCUT2D eigenvalue weighted by Crippen LogP contribution is -2.05. The molecule has 7 nitrogen and oxygen atoms in total. The van der Waals surface area contributed by atoms with E-state index in [0.29, 0.717) is 17.4 Å². The minimum Gasteiger partial charge on any atom is -0.506 e. The molecule has 0 aliphatic heterocycles. The molecule has 0 unspecified atom stereocenters. The van der Waals surface area contributed by atoms with E-state index in [1.54, 1.807) is 24.3 Å². The Morgan fingerprint density at radius 2 is 1.90 bits per heavy atom. The molecule has 10 heteroatoms. The van der Waals surface area contributed by atoms with E-state index in [-0.39, 0.29) is 17.1 Å². The highest BCUT2D eigenvalue weighted by molar-refractivity contribution is 5.82. The summed E-state index contributed by atoms with van der Waals surface area (Å²) in [5.74, 6) is -0.230. The highest BCUT2D eigenvalue weighted by atomic mass is 19.4. The molecule has 0 radical (unpaired) electrons. The van der Waals surface area contributed by atoms with Gasteiger partial charge in [0.05, 0.1) is 23.3 Å². The number of anilines is 2. The minimum atomic E-state index is -4.63. The Kier molecular flexibility index (Phi) is 5.26. The number of nitrogens with zero attached hydrogens (tertiary/aromatic N) is 2. The molecule has 0 spiro atoms. The standard InChI is InChI=1S/C19H14F3N3O4/c1-29-13-4-2-3-11(9-13)17-18(25(27)28)15(7-8-23-17)24-14-6-5-12(10-16(14)26)19(20,21)22/h2-10,26H,1H3,(H,23,24).